The lowest BCUT2D eigenvalue weighted by molar-refractivity contribution is -0.121. The number of aryl methyl sites for hydroxylation is 2. The van der Waals surface area contributed by atoms with Crippen LogP contribution in [0.1, 0.15) is 37.0 Å². The summed E-state index contributed by atoms with van der Waals surface area (Å²) in [6.45, 7) is 3.53. The van der Waals surface area contributed by atoms with Gasteiger partial charge in [-0.15, -0.1) is 0 Å². The molecule has 1 atom stereocenters. The summed E-state index contributed by atoms with van der Waals surface area (Å²) in [7, 11) is 0. The third-order valence-electron chi connectivity index (χ3n) is 3.47. The fourth-order valence-electron chi connectivity index (χ4n) is 2.25. The highest BCUT2D eigenvalue weighted by Crippen LogP contribution is 2.20. The number of benzene rings is 1. The lowest BCUT2D eigenvalue weighted by atomic mass is 10.2. The number of carbonyl (C=O) groups is 1. The van der Waals surface area contributed by atoms with Crippen LogP contribution >= 0.6 is 0 Å². The second kappa shape index (κ2) is 7.08. The molecule has 0 unspecified atom stereocenters. The molecule has 1 aromatic carbocycles. The number of hydrogen-bond acceptors (Lipinski definition) is 6. The predicted molar refractivity (Wildman–Crippen MR) is 85.9 cm³/mol. The standard InChI is InChI=1S/C17H18N4O3/c1-11(17-20-12(2)21-24-17)19-15(22)8-9-16-18-10-14(23-16)13-6-4-3-5-7-13/h3-7,10-11H,8-9H2,1-2H3,(H,19,22)/t11-/m0/s1. The van der Waals surface area contributed by atoms with Gasteiger partial charge in [-0.2, -0.15) is 4.98 Å². The van der Waals surface area contributed by atoms with E-state index in [0.29, 0.717) is 29.8 Å². The van der Waals surface area contributed by atoms with Crippen molar-refractivity contribution in [3.05, 3.63) is 54.1 Å². The summed E-state index contributed by atoms with van der Waals surface area (Å²) >= 11 is 0. The van der Waals surface area contributed by atoms with Gasteiger partial charge in [0.1, 0.15) is 6.04 Å². The van der Waals surface area contributed by atoms with Crippen LogP contribution in [0.25, 0.3) is 11.3 Å². The van der Waals surface area contributed by atoms with E-state index in [1.54, 1.807) is 20.0 Å². The molecule has 7 nitrogen and oxygen atoms in total. The van der Waals surface area contributed by atoms with Crippen molar-refractivity contribution in [1.82, 2.24) is 20.4 Å². The van der Waals surface area contributed by atoms with Gasteiger partial charge < -0.3 is 14.3 Å². The zero-order valence-corrected chi connectivity index (χ0v) is 13.5. The lowest BCUT2D eigenvalue weighted by Gasteiger charge is -2.08. The van der Waals surface area contributed by atoms with E-state index in [2.05, 4.69) is 20.4 Å². The summed E-state index contributed by atoms with van der Waals surface area (Å²) in [5.74, 6) is 2.03. The molecule has 0 aliphatic heterocycles. The second-order valence-corrected chi connectivity index (χ2v) is 5.45. The summed E-state index contributed by atoms with van der Waals surface area (Å²) < 4.78 is 10.7. The lowest BCUT2D eigenvalue weighted by Crippen LogP contribution is -2.27. The molecule has 0 fully saturated rings. The average molecular weight is 326 g/mol. The Morgan fingerprint density at radius 1 is 1.29 bits per heavy atom. The Labute approximate surface area is 139 Å². The number of nitrogens with zero attached hydrogens (tertiary/aromatic N) is 3. The SMILES string of the molecule is Cc1noc([C@H](C)NC(=O)CCc2ncc(-c3ccccc3)o2)n1. The highest BCUT2D eigenvalue weighted by Gasteiger charge is 2.16. The first kappa shape index (κ1) is 15.9. The van der Waals surface area contributed by atoms with Gasteiger partial charge in [-0.1, -0.05) is 35.5 Å². The van der Waals surface area contributed by atoms with Gasteiger partial charge in [0.25, 0.3) is 0 Å². The number of carbonyl (C=O) groups excluding carboxylic acids is 1. The maximum absolute atomic E-state index is 12.0. The molecule has 0 saturated carbocycles. The van der Waals surface area contributed by atoms with Crippen LogP contribution in [-0.4, -0.2) is 21.0 Å². The smallest absolute Gasteiger partial charge is 0.248 e. The van der Waals surface area contributed by atoms with Crippen LogP contribution in [0.15, 0.2) is 45.5 Å². The minimum atomic E-state index is -0.330. The number of oxazole rings is 1. The Morgan fingerprint density at radius 3 is 2.79 bits per heavy atom. The Balaban J connectivity index is 1.52. The average Bonchev–Trinajstić information content (AvgIpc) is 3.23. The quantitative estimate of drug-likeness (QED) is 0.748. The van der Waals surface area contributed by atoms with Crippen molar-refractivity contribution in [3.63, 3.8) is 0 Å². The van der Waals surface area contributed by atoms with Crippen LogP contribution in [0.3, 0.4) is 0 Å². The zero-order valence-electron chi connectivity index (χ0n) is 13.5. The second-order valence-electron chi connectivity index (χ2n) is 5.45. The van der Waals surface area contributed by atoms with E-state index < -0.39 is 0 Å². The molecular weight excluding hydrogens is 308 g/mol. The molecule has 7 heteroatoms. The van der Waals surface area contributed by atoms with Gasteiger partial charge in [-0.3, -0.25) is 4.79 Å². The van der Waals surface area contributed by atoms with E-state index in [1.807, 2.05) is 30.3 Å². The summed E-state index contributed by atoms with van der Waals surface area (Å²) in [4.78, 5) is 20.3. The van der Waals surface area contributed by atoms with Gasteiger partial charge in [-0.25, -0.2) is 4.98 Å². The monoisotopic (exact) mass is 326 g/mol. The highest BCUT2D eigenvalue weighted by atomic mass is 16.5. The van der Waals surface area contributed by atoms with Crippen molar-refractivity contribution in [2.75, 3.05) is 0 Å². The molecule has 24 heavy (non-hydrogen) atoms. The summed E-state index contributed by atoms with van der Waals surface area (Å²) in [5, 5.41) is 6.52. The first-order valence-electron chi connectivity index (χ1n) is 7.71. The summed E-state index contributed by atoms with van der Waals surface area (Å²) in [6, 6.07) is 9.38. The molecule has 3 rings (SSSR count). The molecule has 0 spiro atoms. The number of rotatable bonds is 6. The predicted octanol–water partition coefficient (Wildman–Crippen LogP) is 2.84. The normalized spacial score (nSPS) is 12.1. The summed E-state index contributed by atoms with van der Waals surface area (Å²) in [6.07, 6.45) is 2.37. The summed E-state index contributed by atoms with van der Waals surface area (Å²) in [5.41, 5.74) is 0.959. The molecule has 0 bridgehead atoms. The molecular formula is C17H18N4O3. The third-order valence-corrected chi connectivity index (χ3v) is 3.47. The van der Waals surface area contributed by atoms with Crippen LogP contribution < -0.4 is 5.32 Å². The van der Waals surface area contributed by atoms with Crippen LogP contribution in [0.4, 0.5) is 0 Å². The third kappa shape index (κ3) is 3.87. The van der Waals surface area contributed by atoms with E-state index in [9.17, 15) is 4.79 Å². The number of nitrogens with one attached hydrogen (secondary N) is 1. The van der Waals surface area contributed by atoms with Crippen LogP contribution in [0.5, 0.6) is 0 Å². The van der Waals surface area contributed by atoms with E-state index in [4.69, 9.17) is 8.94 Å². The highest BCUT2D eigenvalue weighted by molar-refractivity contribution is 5.76. The van der Waals surface area contributed by atoms with E-state index in [0.717, 1.165) is 5.56 Å². The molecule has 0 aliphatic carbocycles. The first-order chi connectivity index (χ1) is 11.6. The van der Waals surface area contributed by atoms with Crippen molar-refractivity contribution in [1.29, 1.82) is 0 Å². The van der Waals surface area contributed by atoms with Crippen molar-refractivity contribution < 1.29 is 13.7 Å². The molecule has 2 heterocycles. The molecule has 124 valence electrons. The Bertz CT molecular complexity index is 810. The fourth-order valence-corrected chi connectivity index (χ4v) is 2.25. The van der Waals surface area contributed by atoms with Crippen molar-refractivity contribution in [2.24, 2.45) is 0 Å². The molecule has 3 aromatic rings. The Kier molecular flexibility index (Phi) is 4.69. The minimum absolute atomic E-state index is 0.127. The van der Waals surface area contributed by atoms with Crippen molar-refractivity contribution in [2.45, 2.75) is 32.7 Å². The van der Waals surface area contributed by atoms with Gasteiger partial charge >= 0.3 is 0 Å². The Morgan fingerprint density at radius 2 is 2.08 bits per heavy atom. The fraction of sp³-hybridized carbons (Fsp3) is 0.294. The Hall–Kier alpha value is -2.96. The minimum Gasteiger partial charge on any atom is -0.441 e. The largest absolute Gasteiger partial charge is 0.441 e. The van der Waals surface area contributed by atoms with Gasteiger partial charge in [-0.05, 0) is 13.8 Å². The maximum atomic E-state index is 12.0. The number of aromatic nitrogens is 3. The van der Waals surface area contributed by atoms with Crippen molar-refractivity contribution >= 4 is 5.91 Å². The number of hydrogen-bond donors (Lipinski definition) is 1. The molecule has 0 radical (unpaired) electrons. The number of amides is 1. The molecule has 2 aromatic heterocycles. The first-order valence-corrected chi connectivity index (χ1v) is 7.71. The van der Waals surface area contributed by atoms with Gasteiger partial charge in [0.15, 0.2) is 17.5 Å². The van der Waals surface area contributed by atoms with E-state index in [-0.39, 0.29) is 18.4 Å². The van der Waals surface area contributed by atoms with Crippen molar-refractivity contribution in [3.8, 4) is 11.3 Å². The zero-order chi connectivity index (χ0) is 16.9. The van der Waals surface area contributed by atoms with E-state index in [1.165, 1.54) is 0 Å². The molecule has 1 N–H and O–H groups in total. The van der Waals surface area contributed by atoms with Gasteiger partial charge in [0.05, 0.1) is 6.20 Å². The molecule has 0 aliphatic rings. The maximum Gasteiger partial charge on any atom is 0.248 e. The van der Waals surface area contributed by atoms with E-state index >= 15 is 0 Å². The van der Waals surface area contributed by atoms with Crippen LogP contribution in [0, 0.1) is 6.92 Å². The molecule has 0 saturated heterocycles. The topological polar surface area (TPSA) is 94.1 Å². The van der Waals surface area contributed by atoms with Crippen LogP contribution in [-0.2, 0) is 11.2 Å². The molecule has 1 amide bonds. The van der Waals surface area contributed by atoms with Gasteiger partial charge in [0.2, 0.25) is 11.8 Å². The van der Waals surface area contributed by atoms with Crippen LogP contribution in [0.2, 0.25) is 0 Å². The van der Waals surface area contributed by atoms with Gasteiger partial charge in [0, 0.05) is 18.4 Å².